The molecule has 26 heavy (non-hydrogen) atoms. The number of hydrogen-bond acceptors (Lipinski definition) is 4. The Kier molecular flexibility index (Phi) is 5.43. The smallest absolute Gasteiger partial charge is 0.406 e. The van der Waals surface area contributed by atoms with E-state index in [4.69, 9.17) is 11.6 Å². The maximum absolute atomic E-state index is 12.3. The van der Waals surface area contributed by atoms with Crippen LogP contribution in [0.5, 0.6) is 5.75 Å². The highest BCUT2D eigenvalue weighted by atomic mass is 35.5. The topological polar surface area (TPSA) is 39.9 Å². The minimum atomic E-state index is -4.73. The van der Waals surface area contributed by atoms with Crippen molar-refractivity contribution in [3.05, 3.63) is 54.4 Å². The third-order valence-electron chi connectivity index (χ3n) is 3.43. The van der Waals surface area contributed by atoms with Crippen LogP contribution in [0, 0.1) is 0 Å². The van der Waals surface area contributed by atoms with E-state index < -0.39 is 6.36 Å². The fourth-order valence-electron chi connectivity index (χ4n) is 2.31. The van der Waals surface area contributed by atoms with Crippen molar-refractivity contribution in [1.29, 1.82) is 0 Å². The standard InChI is InChI=1S/C17H13ClF3N3OS/c1-26-14-8-4-12(5-9-14)24-16(22-15(10-18)23-24)11-2-6-13(7-3-11)25-17(19,20)21/h2-9H,10H2,1H3. The highest BCUT2D eigenvalue weighted by Crippen LogP contribution is 2.27. The van der Waals surface area contributed by atoms with Crippen LogP contribution in [-0.4, -0.2) is 27.4 Å². The molecule has 2 aromatic carbocycles. The van der Waals surface area contributed by atoms with Crippen molar-refractivity contribution in [2.24, 2.45) is 0 Å². The molecule has 0 fully saturated rings. The number of thioether (sulfide) groups is 1. The summed E-state index contributed by atoms with van der Waals surface area (Å²) in [5, 5.41) is 4.37. The Balaban J connectivity index is 1.97. The fourth-order valence-corrected chi connectivity index (χ4v) is 2.83. The Bertz CT molecular complexity index is 880. The molecular weight excluding hydrogens is 387 g/mol. The Morgan fingerprint density at radius 2 is 1.73 bits per heavy atom. The number of rotatable bonds is 5. The normalized spacial score (nSPS) is 11.6. The van der Waals surface area contributed by atoms with E-state index in [1.165, 1.54) is 24.3 Å². The predicted molar refractivity (Wildman–Crippen MR) is 94.8 cm³/mol. The summed E-state index contributed by atoms with van der Waals surface area (Å²) in [5.74, 6) is 0.731. The van der Waals surface area contributed by atoms with Gasteiger partial charge in [0.05, 0.1) is 11.6 Å². The highest BCUT2D eigenvalue weighted by molar-refractivity contribution is 7.98. The van der Waals surface area contributed by atoms with Gasteiger partial charge >= 0.3 is 6.36 Å². The van der Waals surface area contributed by atoms with Crippen molar-refractivity contribution in [2.75, 3.05) is 6.26 Å². The second kappa shape index (κ2) is 7.59. The van der Waals surface area contributed by atoms with E-state index in [9.17, 15) is 13.2 Å². The van der Waals surface area contributed by atoms with Gasteiger partial charge < -0.3 is 4.74 Å². The molecule has 9 heteroatoms. The molecule has 0 N–H and O–H groups in total. The van der Waals surface area contributed by atoms with E-state index in [1.807, 2.05) is 30.5 Å². The summed E-state index contributed by atoms with van der Waals surface area (Å²) in [6.45, 7) is 0. The molecule has 0 saturated carbocycles. The van der Waals surface area contributed by atoms with Crippen molar-refractivity contribution in [1.82, 2.24) is 14.8 Å². The molecule has 0 bridgehead atoms. The van der Waals surface area contributed by atoms with Gasteiger partial charge in [-0.3, -0.25) is 0 Å². The van der Waals surface area contributed by atoms with Crippen LogP contribution in [0.2, 0.25) is 0 Å². The Morgan fingerprint density at radius 3 is 2.27 bits per heavy atom. The summed E-state index contributed by atoms with van der Waals surface area (Å²) >= 11 is 7.46. The average molecular weight is 400 g/mol. The molecule has 0 radical (unpaired) electrons. The minimum absolute atomic E-state index is 0.123. The van der Waals surface area contributed by atoms with Gasteiger partial charge in [-0.25, -0.2) is 9.67 Å². The summed E-state index contributed by atoms with van der Waals surface area (Å²) < 4.78 is 42.4. The largest absolute Gasteiger partial charge is 0.573 e. The monoisotopic (exact) mass is 399 g/mol. The van der Waals surface area contributed by atoms with Gasteiger partial charge in [0.2, 0.25) is 0 Å². The van der Waals surface area contributed by atoms with Crippen molar-refractivity contribution in [3.8, 4) is 22.8 Å². The Labute approximate surface area is 157 Å². The van der Waals surface area contributed by atoms with E-state index in [0.717, 1.165) is 10.6 Å². The molecule has 0 atom stereocenters. The molecule has 1 aromatic heterocycles. The number of halogens is 4. The van der Waals surface area contributed by atoms with Gasteiger partial charge in [0.25, 0.3) is 0 Å². The van der Waals surface area contributed by atoms with Gasteiger partial charge in [0, 0.05) is 10.5 Å². The number of hydrogen-bond donors (Lipinski definition) is 0. The molecule has 0 saturated heterocycles. The first-order chi connectivity index (χ1) is 12.4. The van der Waals surface area contributed by atoms with E-state index in [1.54, 1.807) is 16.4 Å². The van der Waals surface area contributed by atoms with Crippen LogP contribution in [-0.2, 0) is 5.88 Å². The lowest BCUT2D eigenvalue weighted by molar-refractivity contribution is -0.274. The van der Waals surface area contributed by atoms with Crippen LogP contribution in [0.4, 0.5) is 13.2 Å². The maximum Gasteiger partial charge on any atom is 0.573 e. The minimum Gasteiger partial charge on any atom is -0.406 e. The van der Waals surface area contributed by atoms with Crippen molar-refractivity contribution in [3.63, 3.8) is 0 Å². The number of ether oxygens (including phenoxy) is 1. The molecule has 0 aliphatic carbocycles. The lowest BCUT2D eigenvalue weighted by Crippen LogP contribution is -2.16. The number of alkyl halides is 4. The van der Waals surface area contributed by atoms with Gasteiger partial charge in [0.15, 0.2) is 11.6 Å². The van der Waals surface area contributed by atoms with Crippen LogP contribution >= 0.6 is 23.4 Å². The van der Waals surface area contributed by atoms with E-state index in [2.05, 4.69) is 14.8 Å². The zero-order valence-electron chi connectivity index (χ0n) is 13.5. The molecule has 0 unspecified atom stereocenters. The SMILES string of the molecule is CSc1ccc(-n2nc(CCl)nc2-c2ccc(OC(F)(F)F)cc2)cc1. The molecule has 0 aliphatic heterocycles. The fraction of sp³-hybridized carbons (Fsp3) is 0.176. The number of benzene rings is 2. The second-order valence-electron chi connectivity index (χ2n) is 5.17. The molecule has 1 heterocycles. The van der Waals surface area contributed by atoms with Gasteiger partial charge in [-0.15, -0.1) is 41.6 Å². The molecule has 0 spiro atoms. The Morgan fingerprint density at radius 1 is 1.08 bits per heavy atom. The molecule has 0 amide bonds. The molecule has 136 valence electrons. The van der Waals surface area contributed by atoms with Crippen molar-refractivity contribution >= 4 is 23.4 Å². The highest BCUT2D eigenvalue weighted by Gasteiger charge is 2.31. The van der Waals surface area contributed by atoms with Crippen LogP contribution in [0.3, 0.4) is 0 Å². The van der Waals surface area contributed by atoms with Crippen molar-refractivity contribution < 1.29 is 17.9 Å². The maximum atomic E-state index is 12.3. The third kappa shape index (κ3) is 4.31. The number of aromatic nitrogens is 3. The van der Waals surface area contributed by atoms with Crippen LogP contribution in [0.25, 0.3) is 17.1 Å². The lowest BCUT2D eigenvalue weighted by atomic mass is 10.2. The van der Waals surface area contributed by atoms with Crippen LogP contribution in [0.15, 0.2) is 53.4 Å². The molecule has 3 aromatic rings. The van der Waals surface area contributed by atoms with Crippen LogP contribution < -0.4 is 4.74 Å². The third-order valence-corrected chi connectivity index (χ3v) is 4.42. The van der Waals surface area contributed by atoms with E-state index in [-0.39, 0.29) is 11.6 Å². The van der Waals surface area contributed by atoms with Crippen LogP contribution in [0.1, 0.15) is 5.82 Å². The lowest BCUT2D eigenvalue weighted by Gasteiger charge is -2.10. The summed E-state index contributed by atoms with van der Waals surface area (Å²) in [5.41, 5.74) is 1.37. The summed E-state index contributed by atoms with van der Waals surface area (Å²) in [6.07, 6.45) is -2.75. The second-order valence-corrected chi connectivity index (χ2v) is 6.31. The number of nitrogens with zero attached hydrogens (tertiary/aromatic N) is 3. The summed E-state index contributed by atoms with van der Waals surface area (Å²) in [7, 11) is 0. The molecule has 3 rings (SSSR count). The van der Waals surface area contributed by atoms with Gasteiger partial charge in [-0.05, 0) is 54.8 Å². The first-order valence-corrected chi connectivity index (χ1v) is 9.18. The van der Waals surface area contributed by atoms with Gasteiger partial charge in [-0.1, -0.05) is 0 Å². The van der Waals surface area contributed by atoms with Crippen molar-refractivity contribution in [2.45, 2.75) is 17.1 Å². The Hall–Kier alpha value is -2.19. The zero-order valence-corrected chi connectivity index (χ0v) is 15.1. The van der Waals surface area contributed by atoms with Gasteiger partial charge in [-0.2, -0.15) is 0 Å². The zero-order chi connectivity index (χ0) is 18.7. The van der Waals surface area contributed by atoms with E-state index >= 15 is 0 Å². The molecule has 4 nitrogen and oxygen atoms in total. The van der Waals surface area contributed by atoms with Gasteiger partial charge in [0.1, 0.15) is 5.75 Å². The first kappa shape index (κ1) is 18.6. The molecule has 0 aliphatic rings. The summed E-state index contributed by atoms with van der Waals surface area (Å²) in [6, 6.07) is 13.1. The molecular formula is C17H13ClF3N3OS. The average Bonchev–Trinajstić information content (AvgIpc) is 3.05. The quantitative estimate of drug-likeness (QED) is 0.431. The van der Waals surface area contributed by atoms with E-state index in [0.29, 0.717) is 17.2 Å². The first-order valence-electron chi connectivity index (χ1n) is 7.42. The predicted octanol–water partition coefficient (Wildman–Crippen LogP) is 5.29. The summed E-state index contributed by atoms with van der Waals surface area (Å²) in [4.78, 5) is 5.47.